The quantitative estimate of drug-likeness (QED) is 0.348. The third-order valence-corrected chi connectivity index (χ3v) is 4.27. The van der Waals surface area contributed by atoms with Crippen LogP contribution in [0, 0.1) is 0 Å². The van der Waals surface area contributed by atoms with Crippen LogP contribution in [0.5, 0.6) is 0 Å². The number of ether oxygens (including phenoxy) is 1. The number of methoxy groups -OCH3 is 1. The van der Waals surface area contributed by atoms with Crippen molar-refractivity contribution in [3.05, 3.63) is 0 Å². The SMILES string of the molecule is CCCCCCCC(CCCCCCC)NCCCOC. The zero-order valence-electron chi connectivity index (χ0n) is 15.1. The van der Waals surface area contributed by atoms with Gasteiger partial charge in [-0.2, -0.15) is 0 Å². The molecular formula is C19H41NO. The first-order valence-corrected chi connectivity index (χ1v) is 9.57. The maximum absolute atomic E-state index is 5.13. The minimum absolute atomic E-state index is 0.741. The van der Waals surface area contributed by atoms with Crippen molar-refractivity contribution in [2.24, 2.45) is 0 Å². The summed E-state index contributed by atoms with van der Waals surface area (Å²) in [5.74, 6) is 0. The molecule has 0 unspecified atom stereocenters. The minimum Gasteiger partial charge on any atom is -0.385 e. The van der Waals surface area contributed by atoms with Crippen LogP contribution < -0.4 is 5.32 Å². The zero-order valence-corrected chi connectivity index (χ0v) is 15.1. The van der Waals surface area contributed by atoms with E-state index in [1.165, 1.54) is 77.0 Å². The summed E-state index contributed by atoms with van der Waals surface area (Å²) in [6.45, 7) is 6.57. The van der Waals surface area contributed by atoms with E-state index in [0.29, 0.717) is 0 Å². The van der Waals surface area contributed by atoms with Crippen LogP contribution in [0.4, 0.5) is 0 Å². The van der Waals surface area contributed by atoms with Crippen LogP contribution in [0.1, 0.15) is 97.3 Å². The fourth-order valence-corrected chi connectivity index (χ4v) is 2.86. The summed E-state index contributed by atoms with van der Waals surface area (Å²) >= 11 is 0. The van der Waals surface area contributed by atoms with Crippen molar-refractivity contribution in [1.29, 1.82) is 0 Å². The van der Waals surface area contributed by atoms with Crippen LogP contribution in [0.3, 0.4) is 0 Å². The summed E-state index contributed by atoms with van der Waals surface area (Å²) in [6.07, 6.45) is 17.8. The first kappa shape index (κ1) is 20.9. The Kier molecular flexibility index (Phi) is 17.9. The molecule has 0 aliphatic carbocycles. The number of hydrogen-bond acceptors (Lipinski definition) is 2. The molecule has 128 valence electrons. The summed E-state index contributed by atoms with van der Waals surface area (Å²) in [7, 11) is 1.79. The summed E-state index contributed by atoms with van der Waals surface area (Å²) in [4.78, 5) is 0. The lowest BCUT2D eigenvalue weighted by Gasteiger charge is -2.19. The highest BCUT2D eigenvalue weighted by molar-refractivity contribution is 4.67. The average Bonchev–Trinajstić information content (AvgIpc) is 2.50. The highest BCUT2D eigenvalue weighted by Crippen LogP contribution is 2.13. The fourth-order valence-electron chi connectivity index (χ4n) is 2.86. The number of rotatable bonds is 17. The lowest BCUT2D eigenvalue weighted by molar-refractivity contribution is 0.192. The largest absolute Gasteiger partial charge is 0.385 e. The predicted molar refractivity (Wildman–Crippen MR) is 95.0 cm³/mol. The van der Waals surface area contributed by atoms with Gasteiger partial charge < -0.3 is 10.1 Å². The summed E-state index contributed by atoms with van der Waals surface area (Å²) in [5, 5.41) is 3.76. The molecule has 0 spiro atoms. The molecule has 0 radical (unpaired) electrons. The van der Waals surface area contributed by atoms with Crippen LogP contribution in [0.2, 0.25) is 0 Å². The standard InChI is InChI=1S/C19H41NO/c1-4-6-8-10-12-15-19(20-17-14-18-21-3)16-13-11-9-7-5-2/h19-20H,4-18H2,1-3H3. The fraction of sp³-hybridized carbons (Fsp3) is 1.00. The van der Waals surface area contributed by atoms with Crippen molar-refractivity contribution in [3.8, 4) is 0 Å². The molecule has 0 saturated carbocycles. The van der Waals surface area contributed by atoms with Crippen molar-refractivity contribution in [2.45, 2.75) is 103 Å². The second-order valence-electron chi connectivity index (χ2n) is 6.40. The van der Waals surface area contributed by atoms with Crippen molar-refractivity contribution in [3.63, 3.8) is 0 Å². The zero-order chi connectivity index (χ0) is 15.6. The monoisotopic (exact) mass is 299 g/mol. The molecule has 1 N–H and O–H groups in total. The Morgan fingerprint density at radius 1 is 0.714 bits per heavy atom. The minimum atomic E-state index is 0.741. The molecule has 0 aromatic carbocycles. The first-order chi connectivity index (χ1) is 10.3. The molecule has 2 heteroatoms. The van der Waals surface area contributed by atoms with Gasteiger partial charge in [0.05, 0.1) is 0 Å². The number of hydrogen-bond donors (Lipinski definition) is 1. The third-order valence-electron chi connectivity index (χ3n) is 4.27. The van der Waals surface area contributed by atoms with Crippen molar-refractivity contribution in [1.82, 2.24) is 5.32 Å². The van der Waals surface area contributed by atoms with Gasteiger partial charge in [0.25, 0.3) is 0 Å². The van der Waals surface area contributed by atoms with Gasteiger partial charge in [0.15, 0.2) is 0 Å². The van der Waals surface area contributed by atoms with Crippen LogP contribution >= 0.6 is 0 Å². The van der Waals surface area contributed by atoms with E-state index in [-0.39, 0.29) is 0 Å². The second-order valence-corrected chi connectivity index (χ2v) is 6.40. The van der Waals surface area contributed by atoms with E-state index in [9.17, 15) is 0 Å². The lowest BCUT2D eigenvalue weighted by atomic mass is 10.0. The molecule has 0 heterocycles. The van der Waals surface area contributed by atoms with E-state index < -0.39 is 0 Å². The Hall–Kier alpha value is -0.0800. The van der Waals surface area contributed by atoms with E-state index in [0.717, 1.165) is 25.6 Å². The van der Waals surface area contributed by atoms with Gasteiger partial charge in [-0.05, 0) is 25.8 Å². The highest BCUT2D eigenvalue weighted by atomic mass is 16.5. The summed E-state index contributed by atoms with van der Waals surface area (Å²) in [6, 6.07) is 0.741. The molecule has 0 rings (SSSR count). The molecule has 0 saturated heterocycles. The summed E-state index contributed by atoms with van der Waals surface area (Å²) in [5.41, 5.74) is 0. The topological polar surface area (TPSA) is 21.3 Å². The van der Waals surface area contributed by atoms with Crippen LogP contribution in [-0.2, 0) is 4.74 Å². The van der Waals surface area contributed by atoms with Crippen LogP contribution in [0.15, 0.2) is 0 Å². The van der Waals surface area contributed by atoms with Gasteiger partial charge in [-0.3, -0.25) is 0 Å². The maximum atomic E-state index is 5.13. The van der Waals surface area contributed by atoms with Crippen molar-refractivity contribution in [2.75, 3.05) is 20.3 Å². The molecule has 0 aliphatic rings. The van der Waals surface area contributed by atoms with Crippen molar-refractivity contribution < 1.29 is 4.74 Å². The molecule has 0 aliphatic heterocycles. The van der Waals surface area contributed by atoms with Crippen LogP contribution in [0.25, 0.3) is 0 Å². The Morgan fingerprint density at radius 2 is 1.24 bits per heavy atom. The van der Waals surface area contributed by atoms with Gasteiger partial charge in [-0.15, -0.1) is 0 Å². The van der Waals surface area contributed by atoms with E-state index in [4.69, 9.17) is 4.74 Å². The van der Waals surface area contributed by atoms with E-state index in [1.54, 1.807) is 7.11 Å². The molecule has 0 bridgehead atoms. The molecular weight excluding hydrogens is 258 g/mol. The van der Waals surface area contributed by atoms with Gasteiger partial charge in [-0.1, -0.05) is 78.1 Å². The molecule has 2 nitrogen and oxygen atoms in total. The molecule has 0 amide bonds. The third kappa shape index (κ3) is 16.1. The molecule has 21 heavy (non-hydrogen) atoms. The molecule has 0 atom stereocenters. The van der Waals surface area contributed by atoms with Gasteiger partial charge in [0.1, 0.15) is 0 Å². The average molecular weight is 300 g/mol. The summed E-state index contributed by atoms with van der Waals surface area (Å²) < 4.78 is 5.13. The van der Waals surface area contributed by atoms with E-state index in [1.807, 2.05) is 0 Å². The number of nitrogens with one attached hydrogen (secondary N) is 1. The molecule has 0 aromatic heterocycles. The molecule has 0 aromatic rings. The van der Waals surface area contributed by atoms with E-state index >= 15 is 0 Å². The predicted octanol–water partition coefficient (Wildman–Crippen LogP) is 5.70. The first-order valence-electron chi connectivity index (χ1n) is 9.57. The van der Waals surface area contributed by atoms with Gasteiger partial charge in [0, 0.05) is 19.8 Å². The number of unbranched alkanes of at least 4 members (excludes halogenated alkanes) is 8. The van der Waals surface area contributed by atoms with Crippen LogP contribution in [-0.4, -0.2) is 26.3 Å². The Morgan fingerprint density at radius 3 is 1.71 bits per heavy atom. The Bertz CT molecular complexity index is 170. The maximum Gasteiger partial charge on any atom is 0.0474 e. The Labute approximate surface area is 134 Å². The van der Waals surface area contributed by atoms with Gasteiger partial charge in [0.2, 0.25) is 0 Å². The van der Waals surface area contributed by atoms with Gasteiger partial charge in [-0.25, -0.2) is 0 Å². The Balaban J connectivity index is 3.69. The lowest BCUT2D eigenvalue weighted by Crippen LogP contribution is -2.30. The normalized spacial score (nSPS) is 11.4. The van der Waals surface area contributed by atoms with Crippen molar-refractivity contribution >= 4 is 0 Å². The highest BCUT2D eigenvalue weighted by Gasteiger charge is 2.07. The molecule has 0 fully saturated rings. The smallest absolute Gasteiger partial charge is 0.0474 e. The van der Waals surface area contributed by atoms with E-state index in [2.05, 4.69) is 19.2 Å². The second kappa shape index (κ2) is 18.0. The van der Waals surface area contributed by atoms with Gasteiger partial charge >= 0.3 is 0 Å².